The van der Waals surface area contributed by atoms with Crippen molar-refractivity contribution in [3.05, 3.63) is 18.5 Å². The van der Waals surface area contributed by atoms with Crippen molar-refractivity contribution in [2.45, 2.75) is 19.5 Å². The fourth-order valence-electron chi connectivity index (χ4n) is 1.79. The Kier molecular flexibility index (Phi) is 7.18. The summed E-state index contributed by atoms with van der Waals surface area (Å²) in [5.74, 6) is 0.145. The largest absolute Gasteiger partial charge is 0.338 e. The molecule has 0 aromatic carbocycles. The lowest BCUT2D eigenvalue weighted by Gasteiger charge is -2.31. The predicted molar refractivity (Wildman–Crippen MR) is 70.8 cm³/mol. The van der Waals surface area contributed by atoms with Gasteiger partial charge in [0.25, 0.3) is 0 Å². The Hall–Kier alpha value is -0.780. The van der Waals surface area contributed by atoms with Crippen molar-refractivity contribution < 1.29 is 4.79 Å². The minimum Gasteiger partial charge on any atom is -0.338 e. The summed E-state index contributed by atoms with van der Waals surface area (Å²) in [6.45, 7) is 4.91. The van der Waals surface area contributed by atoms with Crippen LogP contribution in [-0.4, -0.2) is 46.3 Å². The SMILES string of the molecule is CC1CN(C(=O)Cn2cccn2)CCN1.Cl.Cl. The minimum absolute atomic E-state index is 0. The zero-order valence-corrected chi connectivity index (χ0v) is 11.3. The third-order valence-electron chi connectivity index (χ3n) is 2.58. The average Bonchev–Trinajstić information content (AvgIpc) is 2.70. The molecule has 7 heteroatoms. The lowest BCUT2D eigenvalue weighted by molar-refractivity contribution is -0.133. The molecule has 2 rings (SSSR count). The van der Waals surface area contributed by atoms with Crippen LogP contribution in [0.2, 0.25) is 0 Å². The van der Waals surface area contributed by atoms with Gasteiger partial charge in [0.05, 0.1) is 0 Å². The van der Waals surface area contributed by atoms with E-state index in [2.05, 4.69) is 17.3 Å². The third kappa shape index (κ3) is 4.53. The van der Waals surface area contributed by atoms with Crippen LogP contribution >= 0.6 is 24.8 Å². The number of halogens is 2. The van der Waals surface area contributed by atoms with E-state index >= 15 is 0 Å². The Labute approximate surface area is 113 Å². The van der Waals surface area contributed by atoms with Gasteiger partial charge in [-0.1, -0.05) is 0 Å². The summed E-state index contributed by atoms with van der Waals surface area (Å²) in [6.07, 6.45) is 3.50. The molecule has 5 nitrogen and oxygen atoms in total. The number of carbonyl (C=O) groups is 1. The molecule has 1 amide bonds. The van der Waals surface area contributed by atoms with Gasteiger partial charge in [0.1, 0.15) is 6.54 Å². The van der Waals surface area contributed by atoms with Crippen LogP contribution in [0, 0.1) is 0 Å². The second kappa shape index (κ2) is 7.53. The van der Waals surface area contributed by atoms with Gasteiger partial charge in [-0.2, -0.15) is 5.10 Å². The van der Waals surface area contributed by atoms with Gasteiger partial charge in [0.2, 0.25) is 5.91 Å². The highest BCUT2D eigenvalue weighted by Crippen LogP contribution is 2.00. The van der Waals surface area contributed by atoms with Crippen molar-refractivity contribution in [3.8, 4) is 0 Å². The normalized spacial score (nSPS) is 19.1. The van der Waals surface area contributed by atoms with E-state index in [1.165, 1.54) is 0 Å². The summed E-state index contributed by atoms with van der Waals surface area (Å²) in [4.78, 5) is 13.7. The Morgan fingerprint density at radius 2 is 2.29 bits per heavy atom. The van der Waals surface area contributed by atoms with Crippen molar-refractivity contribution in [1.29, 1.82) is 0 Å². The fraction of sp³-hybridized carbons (Fsp3) is 0.600. The molecule has 1 unspecified atom stereocenters. The molecule has 1 N–H and O–H groups in total. The first-order chi connectivity index (χ1) is 7.25. The summed E-state index contributed by atoms with van der Waals surface area (Å²) in [5, 5.41) is 7.33. The Balaban J connectivity index is 0.00000128. The molecule has 0 radical (unpaired) electrons. The molecule has 0 bridgehead atoms. The first-order valence-corrected chi connectivity index (χ1v) is 5.24. The van der Waals surface area contributed by atoms with Gasteiger partial charge in [0, 0.05) is 38.1 Å². The van der Waals surface area contributed by atoms with Gasteiger partial charge in [0.15, 0.2) is 0 Å². The molecule has 1 aromatic rings. The number of rotatable bonds is 2. The summed E-state index contributed by atoms with van der Waals surface area (Å²) in [6, 6.07) is 2.22. The molecular formula is C10H18Cl2N4O. The van der Waals surface area contributed by atoms with Gasteiger partial charge in [-0.3, -0.25) is 9.48 Å². The maximum absolute atomic E-state index is 11.8. The molecule has 1 fully saturated rings. The lowest BCUT2D eigenvalue weighted by Crippen LogP contribution is -2.52. The van der Waals surface area contributed by atoms with Crippen LogP contribution in [0.25, 0.3) is 0 Å². The van der Waals surface area contributed by atoms with E-state index < -0.39 is 0 Å². The average molecular weight is 281 g/mol. The van der Waals surface area contributed by atoms with Gasteiger partial charge < -0.3 is 10.2 Å². The number of amides is 1. The zero-order chi connectivity index (χ0) is 10.7. The molecule has 1 saturated heterocycles. The number of hydrogen-bond donors (Lipinski definition) is 1. The molecule has 1 atom stereocenters. The van der Waals surface area contributed by atoms with Crippen molar-refractivity contribution in [3.63, 3.8) is 0 Å². The number of piperazine rings is 1. The van der Waals surface area contributed by atoms with E-state index in [-0.39, 0.29) is 30.7 Å². The molecule has 98 valence electrons. The molecule has 1 aromatic heterocycles. The van der Waals surface area contributed by atoms with Gasteiger partial charge in [-0.05, 0) is 13.0 Å². The van der Waals surface area contributed by atoms with E-state index in [4.69, 9.17) is 0 Å². The van der Waals surface area contributed by atoms with Gasteiger partial charge in [-0.25, -0.2) is 0 Å². The smallest absolute Gasteiger partial charge is 0.244 e. The third-order valence-corrected chi connectivity index (χ3v) is 2.58. The van der Waals surface area contributed by atoms with E-state index in [0.717, 1.165) is 19.6 Å². The molecule has 1 aliphatic rings. The minimum atomic E-state index is 0. The molecule has 0 aliphatic carbocycles. The number of carbonyl (C=O) groups excluding carboxylic acids is 1. The highest BCUT2D eigenvalue weighted by Gasteiger charge is 2.20. The van der Waals surface area contributed by atoms with E-state index in [1.54, 1.807) is 10.9 Å². The maximum atomic E-state index is 11.8. The lowest BCUT2D eigenvalue weighted by atomic mass is 10.2. The summed E-state index contributed by atoms with van der Waals surface area (Å²) in [5.41, 5.74) is 0. The topological polar surface area (TPSA) is 50.2 Å². The molecule has 2 heterocycles. The predicted octanol–water partition coefficient (Wildman–Crippen LogP) is 0.547. The quantitative estimate of drug-likeness (QED) is 0.861. The number of aromatic nitrogens is 2. The highest BCUT2D eigenvalue weighted by molar-refractivity contribution is 5.85. The first-order valence-electron chi connectivity index (χ1n) is 5.24. The van der Waals surface area contributed by atoms with E-state index in [1.807, 2.05) is 17.2 Å². The Morgan fingerprint density at radius 1 is 1.53 bits per heavy atom. The van der Waals surface area contributed by atoms with Crippen LogP contribution in [0.15, 0.2) is 18.5 Å². The Morgan fingerprint density at radius 3 is 2.88 bits per heavy atom. The number of hydrogen-bond acceptors (Lipinski definition) is 3. The van der Waals surface area contributed by atoms with Gasteiger partial charge in [-0.15, -0.1) is 24.8 Å². The monoisotopic (exact) mass is 280 g/mol. The van der Waals surface area contributed by atoms with Crippen LogP contribution < -0.4 is 5.32 Å². The zero-order valence-electron chi connectivity index (χ0n) is 9.70. The summed E-state index contributed by atoms with van der Waals surface area (Å²) in [7, 11) is 0. The first kappa shape index (κ1) is 16.2. The Bertz CT molecular complexity index is 331. The van der Waals surface area contributed by atoms with Crippen molar-refractivity contribution >= 4 is 30.7 Å². The van der Waals surface area contributed by atoms with E-state index in [0.29, 0.717) is 12.6 Å². The molecule has 1 aliphatic heterocycles. The molecule has 17 heavy (non-hydrogen) atoms. The second-order valence-electron chi connectivity index (χ2n) is 3.90. The standard InChI is InChI=1S/C10H16N4O.2ClH/c1-9-7-13(6-4-11-9)10(15)8-14-5-2-3-12-14;;/h2-3,5,9,11H,4,6-8H2,1H3;2*1H. The highest BCUT2D eigenvalue weighted by atomic mass is 35.5. The number of nitrogens with one attached hydrogen (secondary N) is 1. The van der Waals surface area contributed by atoms with Gasteiger partial charge >= 0.3 is 0 Å². The molecule has 0 saturated carbocycles. The second-order valence-corrected chi connectivity index (χ2v) is 3.90. The van der Waals surface area contributed by atoms with Crippen LogP contribution in [0.4, 0.5) is 0 Å². The van der Waals surface area contributed by atoms with Crippen molar-refractivity contribution in [2.24, 2.45) is 0 Å². The summed E-state index contributed by atoms with van der Waals surface area (Å²) < 4.78 is 1.66. The fourth-order valence-corrected chi connectivity index (χ4v) is 1.79. The van der Waals surface area contributed by atoms with Crippen molar-refractivity contribution in [2.75, 3.05) is 19.6 Å². The van der Waals surface area contributed by atoms with Crippen LogP contribution in [0.5, 0.6) is 0 Å². The van der Waals surface area contributed by atoms with E-state index in [9.17, 15) is 4.79 Å². The maximum Gasteiger partial charge on any atom is 0.244 e. The van der Waals surface area contributed by atoms with Crippen LogP contribution in [0.3, 0.4) is 0 Å². The molecular weight excluding hydrogens is 263 g/mol. The number of nitrogens with zero attached hydrogens (tertiary/aromatic N) is 3. The molecule has 0 spiro atoms. The van der Waals surface area contributed by atoms with Crippen LogP contribution in [0.1, 0.15) is 6.92 Å². The summed E-state index contributed by atoms with van der Waals surface area (Å²) >= 11 is 0. The van der Waals surface area contributed by atoms with Crippen LogP contribution in [-0.2, 0) is 11.3 Å². The van der Waals surface area contributed by atoms with Crippen molar-refractivity contribution in [1.82, 2.24) is 20.0 Å².